The summed E-state index contributed by atoms with van der Waals surface area (Å²) in [7, 11) is 0. The molecule has 0 saturated carbocycles. The Morgan fingerprint density at radius 2 is 1.96 bits per heavy atom. The number of carbonyl (C=O) groups excluding carboxylic acids is 1. The van der Waals surface area contributed by atoms with Crippen molar-refractivity contribution >= 4 is 17.2 Å². The molecule has 3 N–H and O–H groups in total. The molecule has 0 aliphatic rings. The van der Waals surface area contributed by atoms with Crippen molar-refractivity contribution in [2.24, 2.45) is 11.1 Å². The highest BCUT2D eigenvalue weighted by Gasteiger charge is 2.33. The lowest BCUT2D eigenvalue weighted by Crippen LogP contribution is -2.41. The van der Waals surface area contributed by atoms with Gasteiger partial charge in [0.15, 0.2) is 5.65 Å². The Kier molecular flexibility index (Phi) is 5.41. The monoisotopic (exact) mass is 367 g/mol. The maximum atomic E-state index is 12.7. The molecule has 1 aromatic carbocycles. The van der Waals surface area contributed by atoms with Crippen LogP contribution in [0.5, 0.6) is 0 Å². The summed E-state index contributed by atoms with van der Waals surface area (Å²) in [6.45, 7) is 4.58. The van der Waals surface area contributed by atoms with Gasteiger partial charge >= 0.3 is 5.69 Å². The Bertz CT molecular complexity index is 993. The number of nitrogens with zero attached hydrogens (tertiary/aromatic N) is 3. The normalized spacial score (nSPS) is 11.7. The molecule has 2 heterocycles. The van der Waals surface area contributed by atoms with Gasteiger partial charge in [0.05, 0.1) is 12.0 Å². The van der Waals surface area contributed by atoms with Gasteiger partial charge in [-0.1, -0.05) is 32.0 Å². The maximum Gasteiger partial charge on any atom is 0.350 e. The number of fused-ring (bicyclic) bond motifs is 1. The zero-order valence-electron chi connectivity index (χ0n) is 15.7. The lowest BCUT2D eigenvalue weighted by atomic mass is 9.81. The molecule has 0 unspecified atom stereocenters. The number of rotatable bonds is 7. The van der Waals surface area contributed by atoms with Crippen LogP contribution in [0.3, 0.4) is 0 Å². The van der Waals surface area contributed by atoms with E-state index in [9.17, 15) is 9.59 Å². The third kappa shape index (κ3) is 3.64. The van der Waals surface area contributed by atoms with E-state index in [2.05, 4.69) is 10.4 Å². The number of amides is 1. The standard InChI is InChI=1S/C20H25N5O2/c1-3-20(4-2,14-21)18(26)22-16-9-7-8-15(12-16)13-25-19(27)24-11-6-5-10-17(24)23-25/h5-12H,3-4,13-14,21H2,1-2H3,(H,22,26). The second-order valence-corrected chi connectivity index (χ2v) is 6.72. The van der Waals surface area contributed by atoms with Gasteiger partial charge in [0.25, 0.3) is 0 Å². The van der Waals surface area contributed by atoms with E-state index >= 15 is 0 Å². The van der Waals surface area contributed by atoms with Gasteiger partial charge < -0.3 is 11.1 Å². The van der Waals surface area contributed by atoms with E-state index in [4.69, 9.17) is 5.73 Å². The van der Waals surface area contributed by atoms with Gasteiger partial charge in [0, 0.05) is 18.4 Å². The first-order valence-corrected chi connectivity index (χ1v) is 9.17. The number of anilines is 1. The van der Waals surface area contributed by atoms with Crippen LogP contribution in [0.15, 0.2) is 53.5 Å². The average Bonchev–Trinajstić information content (AvgIpc) is 3.00. The van der Waals surface area contributed by atoms with Crippen LogP contribution < -0.4 is 16.7 Å². The van der Waals surface area contributed by atoms with Crippen LogP contribution in [0, 0.1) is 5.41 Å². The molecule has 7 nitrogen and oxygen atoms in total. The summed E-state index contributed by atoms with van der Waals surface area (Å²) < 4.78 is 2.92. The van der Waals surface area contributed by atoms with Crippen LogP contribution in [-0.4, -0.2) is 26.6 Å². The number of aromatic nitrogens is 3. The molecule has 0 atom stereocenters. The van der Waals surface area contributed by atoms with Crippen LogP contribution in [0.25, 0.3) is 5.65 Å². The largest absolute Gasteiger partial charge is 0.350 e. The Hall–Kier alpha value is -2.93. The quantitative estimate of drug-likeness (QED) is 0.670. The minimum absolute atomic E-state index is 0.0722. The molecule has 2 aromatic heterocycles. The molecule has 0 radical (unpaired) electrons. The molecular formula is C20H25N5O2. The molecule has 0 fully saturated rings. The Labute approximate surface area is 157 Å². The van der Waals surface area contributed by atoms with Crippen molar-refractivity contribution in [1.29, 1.82) is 0 Å². The Balaban J connectivity index is 1.82. The molecule has 3 aromatic rings. The maximum absolute atomic E-state index is 12.7. The van der Waals surface area contributed by atoms with Crippen LogP contribution in [0.1, 0.15) is 32.3 Å². The van der Waals surface area contributed by atoms with E-state index in [0.717, 1.165) is 5.56 Å². The summed E-state index contributed by atoms with van der Waals surface area (Å²) in [4.78, 5) is 25.1. The Morgan fingerprint density at radius 3 is 2.63 bits per heavy atom. The lowest BCUT2D eigenvalue weighted by molar-refractivity contribution is -0.125. The molecule has 0 bridgehead atoms. The minimum Gasteiger partial charge on any atom is -0.329 e. The van der Waals surface area contributed by atoms with Crippen LogP contribution in [0.4, 0.5) is 5.69 Å². The second kappa shape index (κ2) is 7.75. The molecule has 0 aliphatic heterocycles. The van der Waals surface area contributed by atoms with Crippen LogP contribution in [0.2, 0.25) is 0 Å². The van der Waals surface area contributed by atoms with E-state index in [-0.39, 0.29) is 11.6 Å². The highest BCUT2D eigenvalue weighted by atomic mass is 16.2. The molecule has 7 heteroatoms. The number of hydrogen-bond donors (Lipinski definition) is 2. The average molecular weight is 367 g/mol. The van der Waals surface area contributed by atoms with Crippen molar-refractivity contribution in [2.45, 2.75) is 33.2 Å². The van der Waals surface area contributed by atoms with Gasteiger partial charge in [-0.3, -0.25) is 9.20 Å². The second-order valence-electron chi connectivity index (χ2n) is 6.72. The number of carbonyl (C=O) groups is 1. The number of nitrogens with one attached hydrogen (secondary N) is 1. The fourth-order valence-electron chi connectivity index (χ4n) is 3.21. The zero-order chi connectivity index (χ0) is 19.4. The third-order valence-electron chi connectivity index (χ3n) is 5.23. The van der Waals surface area contributed by atoms with E-state index in [1.807, 2.05) is 44.2 Å². The highest BCUT2D eigenvalue weighted by Crippen LogP contribution is 2.27. The topological polar surface area (TPSA) is 94.4 Å². The highest BCUT2D eigenvalue weighted by molar-refractivity contribution is 5.95. The first-order valence-electron chi connectivity index (χ1n) is 9.17. The fourth-order valence-corrected chi connectivity index (χ4v) is 3.21. The van der Waals surface area contributed by atoms with E-state index in [1.54, 1.807) is 18.3 Å². The number of nitrogens with two attached hydrogens (primary N) is 1. The summed E-state index contributed by atoms with van der Waals surface area (Å²) in [6, 6.07) is 12.9. The van der Waals surface area contributed by atoms with Crippen LogP contribution in [-0.2, 0) is 11.3 Å². The Morgan fingerprint density at radius 1 is 1.19 bits per heavy atom. The first-order chi connectivity index (χ1) is 13.0. The SMILES string of the molecule is CCC(CC)(CN)C(=O)Nc1cccc(Cn2nc3ccccn3c2=O)c1. The molecule has 0 aliphatic carbocycles. The number of hydrogen-bond acceptors (Lipinski definition) is 4. The van der Waals surface area contributed by atoms with Gasteiger partial charge in [0.2, 0.25) is 5.91 Å². The molecule has 0 saturated heterocycles. The van der Waals surface area contributed by atoms with Crippen molar-refractivity contribution in [1.82, 2.24) is 14.2 Å². The predicted octanol–water partition coefficient (Wildman–Crippen LogP) is 2.25. The van der Waals surface area contributed by atoms with Crippen molar-refractivity contribution in [3.8, 4) is 0 Å². The van der Waals surface area contributed by atoms with Crippen molar-refractivity contribution < 1.29 is 4.79 Å². The van der Waals surface area contributed by atoms with E-state index in [1.165, 1.54) is 9.08 Å². The molecule has 1 amide bonds. The summed E-state index contributed by atoms with van der Waals surface area (Å²) in [5.74, 6) is -0.0722. The molecule has 27 heavy (non-hydrogen) atoms. The number of pyridine rings is 1. The molecule has 0 spiro atoms. The van der Waals surface area contributed by atoms with Crippen molar-refractivity contribution in [3.63, 3.8) is 0 Å². The summed E-state index contributed by atoms with van der Waals surface area (Å²) in [6.07, 6.45) is 3.06. The van der Waals surface area contributed by atoms with Crippen LogP contribution >= 0.6 is 0 Å². The first kappa shape index (κ1) is 18.8. The van der Waals surface area contributed by atoms with Gasteiger partial charge in [-0.25, -0.2) is 9.48 Å². The minimum atomic E-state index is -0.561. The summed E-state index contributed by atoms with van der Waals surface area (Å²) >= 11 is 0. The van der Waals surface area contributed by atoms with Gasteiger partial charge in [0.1, 0.15) is 0 Å². The van der Waals surface area contributed by atoms with Crippen molar-refractivity contribution in [3.05, 3.63) is 64.7 Å². The predicted molar refractivity (Wildman–Crippen MR) is 106 cm³/mol. The van der Waals surface area contributed by atoms with E-state index in [0.29, 0.717) is 37.3 Å². The summed E-state index contributed by atoms with van der Waals surface area (Å²) in [5.41, 5.74) is 7.27. The fraction of sp³-hybridized carbons (Fsp3) is 0.350. The molecule has 3 rings (SSSR count). The third-order valence-corrected chi connectivity index (χ3v) is 5.23. The van der Waals surface area contributed by atoms with E-state index < -0.39 is 5.41 Å². The lowest BCUT2D eigenvalue weighted by Gasteiger charge is -2.28. The molecular weight excluding hydrogens is 342 g/mol. The zero-order valence-corrected chi connectivity index (χ0v) is 15.7. The van der Waals surface area contributed by atoms with Crippen molar-refractivity contribution in [2.75, 3.05) is 11.9 Å². The van der Waals surface area contributed by atoms with Gasteiger partial charge in [-0.15, -0.1) is 5.10 Å². The smallest absolute Gasteiger partial charge is 0.329 e. The summed E-state index contributed by atoms with van der Waals surface area (Å²) in [5, 5.41) is 7.31. The van der Waals surface area contributed by atoms with Gasteiger partial charge in [-0.05, 0) is 42.7 Å². The molecule has 142 valence electrons. The number of benzene rings is 1. The van der Waals surface area contributed by atoms with Gasteiger partial charge in [-0.2, -0.15) is 0 Å².